The Morgan fingerprint density at radius 2 is 1.32 bits per heavy atom. The maximum atomic E-state index is 12.5. The smallest absolute Gasteiger partial charge is 0.340 e. The Morgan fingerprint density at radius 1 is 0.711 bits per heavy atom. The highest BCUT2D eigenvalue weighted by Gasteiger charge is 2.53. The number of hydrogen-bond donors (Lipinski definition) is 3. The van der Waals surface area contributed by atoms with Gasteiger partial charge in [-0.15, -0.1) is 0 Å². The number of hydrogen-bond acceptors (Lipinski definition) is 10. The van der Waals surface area contributed by atoms with Crippen molar-refractivity contribution in [3.05, 3.63) is 121 Å². The fourth-order valence-electron chi connectivity index (χ4n) is 4.43. The van der Waals surface area contributed by atoms with Gasteiger partial charge in [-0.2, -0.15) is 0 Å². The summed E-state index contributed by atoms with van der Waals surface area (Å²) in [6.07, 6.45) is 0. The molecule has 0 saturated heterocycles. The fourth-order valence-corrected chi connectivity index (χ4v) is 4.43. The molecule has 0 saturated carbocycles. The van der Waals surface area contributed by atoms with E-state index in [-0.39, 0.29) is 11.5 Å². The van der Waals surface area contributed by atoms with E-state index in [1.807, 2.05) is 12.1 Å². The van der Waals surface area contributed by atoms with Crippen LogP contribution in [-0.4, -0.2) is 31.1 Å². The SMILES string of the molecule is O=C1OC2(c3ccc(O)cc3Oc3cc(O)ccc32)c2ccccc21.O=[N+]([O-])c1ccc(O)c([N+](=O)[O-])c1. The summed E-state index contributed by atoms with van der Waals surface area (Å²) < 4.78 is 11.8. The number of aromatic hydroxyl groups is 3. The first-order valence-electron chi connectivity index (χ1n) is 10.9. The third-order valence-electron chi connectivity index (χ3n) is 6.05. The summed E-state index contributed by atoms with van der Waals surface area (Å²) in [6.45, 7) is 0. The van der Waals surface area contributed by atoms with Crippen molar-refractivity contribution in [3.63, 3.8) is 0 Å². The van der Waals surface area contributed by atoms with Crippen molar-refractivity contribution in [3.8, 4) is 28.7 Å². The monoisotopic (exact) mass is 516 g/mol. The molecule has 38 heavy (non-hydrogen) atoms. The van der Waals surface area contributed by atoms with E-state index in [4.69, 9.17) is 14.6 Å². The Morgan fingerprint density at radius 3 is 1.89 bits per heavy atom. The summed E-state index contributed by atoms with van der Waals surface area (Å²) in [5, 5.41) is 49.0. The number of ether oxygens (including phenoxy) is 2. The first kappa shape index (κ1) is 24.1. The number of phenolic OH excluding ortho intramolecular Hbond substituents is 3. The average Bonchev–Trinajstić information content (AvgIpc) is 3.17. The van der Waals surface area contributed by atoms with Gasteiger partial charge in [0, 0.05) is 34.9 Å². The molecule has 0 radical (unpaired) electrons. The molecule has 6 rings (SSSR count). The van der Waals surface area contributed by atoms with Crippen LogP contribution in [0.1, 0.15) is 27.0 Å². The number of benzene rings is 4. The molecule has 0 aromatic heterocycles. The molecule has 190 valence electrons. The van der Waals surface area contributed by atoms with E-state index in [2.05, 4.69) is 0 Å². The molecule has 3 N–H and O–H groups in total. The van der Waals surface area contributed by atoms with Crippen LogP contribution < -0.4 is 4.74 Å². The van der Waals surface area contributed by atoms with E-state index < -0.39 is 38.5 Å². The zero-order valence-electron chi connectivity index (χ0n) is 19.1. The van der Waals surface area contributed by atoms with E-state index >= 15 is 0 Å². The van der Waals surface area contributed by atoms with Gasteiger partial charge in [-0.05, 0) is 36.4 Å². The fraction of sp³-hybridized carbons (Fsp3) is 0.0385. The van der Waals surface area contributed by atoms with Gasteiger partial charge >= 0.3 is 11.7 Å². The van der Waals surface area contributed by atoms with Gasteiger partial charge in [0.2, 0.25) is 0 Å². The van der Waals surface area contributed by atoms with E-state index in [1.54, 1.807) is 24.3 Å². The first-order valence-corrected chi connectivity index (χ1v) is 10.9. The van der Waals surface area contributed by atoms with Crippen LogP contribution in [0.15, 0.2) is 78.9 Å². The van der Waals surface area contributed by atoms with Gasteiger partial charge in [0.25, 0.3) is 5.69 Å². The van der Waals surface area contributed by atoms with Crippen molar-refractivity contribution in [1.82, 2.24) is 0 Å². The molecule has 0 fully saturated rings. The van der Waals surface area contributed by atoms with E-state index in [9.17, 15) is 35.2 Å². The lowest BCUT2D eigenvalue weighted by Gasteiger charge is -2.36. The lowest BCUT2D eigenvalue weighted by molar-refractivity contribution is -0.394. The Bertz CT molecular complexity index is 1600. The molecule has 0 amide bonds. The highest BCUT2D eigenvalue weighted by molar-refractivity contribution is 5.97. The average molecular weight is 516 g/mol. The quantitative estimate of drug-likeness (QED) is 0.189. The summed E-state index contributed by atoms with van der Waals surface area (Å²) in [5.41, 5.74) is 0.185. The second-order valence-corrected chi connectivity index (χ2v) is 8.27. The van der Waals surface area contributed by atoms with Crippen molar-refractivity contribution in [1.29, 1.82) is 0 Å². The molecule has 0 atom stereocenters. The molecule has 2 aliphatic rings. The molecule has 12 nitrogen and oxygen atoms in total. The molecular weight excluding hydrogens is 500 g/mol. The minimum absolute atomic E-state index is 0.0371. The molecule has 0 unspecified atom stereocenters. The van der Waals surface area contributed by atoms with Crippen molar-refractivity contribution in [2.75, 3.05) is 0 Å². The third kappa shape index (κ3) is 3.76. The maximum Gasteiger partial charge on any atom is 0.340 e. The van der Waals surface area contributed by atoms with Crippen molar-refractivity contribution in [2.24, 2.45) is 0 Å². The predicted octanol–water partition coefficient (Wildman–Crippen LogP) is 4.87. The van der Waals surface area contributed by atoms with Gasteiger partial charge in [0.05, 0.1) is 21.5 Å². The molecule has 0 aliphatic carbocycles. The summed E-state index contributed by atoms with van der Waals surface area (Å²) in [4.78, 5) is 31.3. The van der Waals surface area contributed by atoms with Crippen molar-refractivity contribution in [2.45, 2.75) is 5.60 Å². The molecule has 2 aliphatic heterocycles. The molecule has 12 heteroatoms. The van der Waals surface area contributed by atoms with Crippen LogP contribution in [-0.2, 0) is 10.3 Å². The van der Waals surface area contributed by atoms with E-state index in [0.717, 1.165) is 12.1 Å². The number of carbonyl (C=O) groups excluding carboxylic acids is 1. The normalized spacial score (nSPS) is 13.6. The van der Waals surface area contributed by atoms with E-state index in [0.29, 0.717) is 39.8 Å². The van der Waals surface area contributed by atoms with Gasteiger partial charge in [-0.3, -0.25) is 20.2 Å². The van der Waals surface area contributed by atoms with Crippen molar-refractivity contribution < 1.29 is 39.4 Å². The van der Waals surface area contributed by atoms with Crippen LogP contribution in [0, 0.1) is 20.2 Å². The van der Waals surface area contributed by atoms with Crippen LogP contribution in [0.3, 0.4) is 0 Å². The number of carbonyl (C=O) groups is 1. The van der Waals surface area contributed by atoms with Gasteiger partial charge < -0.3 is 24.8 Å². The number of nitro groups is 2. The maximum absolute atomic E-state index is 12.5. The molecule has 2 heterocycles. The third-order valence-corrected chi connectivity index (χ3v) is 6.05. The first-order chi connectivity index (χ1) is 18.1. The summed E-state index contributed by atoms with van der Waals surface area (Å²) in [5.74, 6) is -0.179. The zero-order valence-corrected chi connectivity index (χ0v) is 19.1. The summed E-state index contributed by atoms with van der Waals surface area (Å²) in [6, 6.07) is 19.2. The second-order valence-electron chi connectivity index (χ2n) is 8.27. The standard InChI is InChI=1S/C20H12O5.C6H4N2O5/c21-11-5-7-15-17(9-11)24-18-10-12(22)6-8-16(18)20(15)14-4-2-1-3-13(14)19(23)25-20;9-6-2-1-4(7(10)11)3-5(6)8(12)13/h1-10,21-22H;1-3,9H. The number of nitrogens with zero attached hydrogens (tertiary/aromatic N) is 2. The van der Waals surface area contributed by atoms with Gasteiger partial charge in [-0.25, -0.2) is 4.79 Å². The van der Waals surface area contributed by atoms with Crippen LogP contribution in [0.2, 0.25) is 0 Å². The summed E-state index contributed by atoms with van der Waals surface area (Å²) in [7, 11) is 0. The molecule has 0 bridgehead atoms. The molecule has 4 aromatic carbocycles. The second kappa shape index (κ2) is 8.78. The van der Waals surface area contributed by atoms with Gasteiger partial charge in [0.1, 0.15) is 23.0 Å². The van der Waals surface area contributed by atoms with Crippen LogP contribution in [0.25, 0.3) is 0 Å². The Balaban J connectivity index is 0.000000193. The molecular formula is C26H16N2O10. The van der Waals surface area contributed by atoms with Crippen LogP contribution in [0.5, 0.6) is 28.7 Å². The number of esters is 1. The van der Waals surface area contributed by atoms with Crippen LogP contribution >= 0.6 is 0 Å². The van der Waals surface area contributed by atoms with Gasteiger partial charge in [-0.1, -0.05) is 18.2 Å². The minimum Gasteiger partial charge on any atom is -0.508 e. The Labute approximate surface area is 212 Å². The van der Waals surface area contributed by atoms with E-state index in [1.165, 1.54) is 24.3 Å². The molecule has 4 aromatic rings. The minimum atomic E-state index is -1.17. The van der Waals surface area contributed by atoms with Crippen LogP contribution in [0.4, 0.5) is 11.4 Å². The number of nitro benzene ring substituents is 2. The highest BCUT2D eigenvalue weighted by Crippen LogP contribution is 2.56. The van der Waals surface area contributed by atoms with Gasteiger partial charge in [0.15, 0.2) is 11.4 Å². The topological polar surface area (TPSA) is 182 Å². The zero-order chi connectivity index (χ0) is 27.2. The Hall–Kier alpha value is -5.65. The number of phenols is 3. The predicted molar refractivity (Wildman–Crippen MR) is 129 cm³/mol. The summed E-state index contributed by atoms with van der Waals surface area (Å²) >= 11 is 0. The van der Waals surface area contributed by atoms with Crippen molar-refractivity contribution >= 4 is 17.3 Å². The lowest BCUT2D eigenvalue weighted by atomic mass is 9.77. The number of non-ortho nitro benzene ring substituents is 1. The highest BCUT2D eigenvalue weighted by atomic mass is 16.6. The lowest BCUT2D eigenvalue weighted by Crippen LogP contribution is -2.32. The Kier molecular flexibility index (Phi) is 5.56. The molecule has 1 spiro atoms. The largest absolute Gasteiger partial charge is 0.508 e. The number of fused-ring (bicyclic) bond motifs is 6. The number of rotatable bonds is 2.